The van der Waals surface area contributed by atoms with E-state index in [1.165, 1.54) is 6.20 Å². The van der Waals surface area contributed by atoms with Crippen LogP contribution >= 0.6 is 0 Å². The Balaban J connectivity index is 1.30. The first-order valence-corrected chi connectivity index (χ1v) is 10.3. The van der Waals surface area contributed by atoms with Gasteiger partial charge in [-0.25, -0.2) is 13.6 Å². The van der Waals surface area contributed by atoms with Crippen LogP contribution < -0.4 is 20.1 Å². The first-order chi connectivity index (χ1) is 15.5. The zero-order chi connectivity index (χ0) is 22.2. The van der Waals surface area contributed by atoms with E-state index in [-0.39, 0.29) is 29.8 Å². The number of halogens is 2. The average molecular weight is 445 g/mol. The Morgan fingerprint density at radius 1 is 1.25 bits per heavy atom. The molecule has 1 fully saturated rings. The fourth-order valence-electron chi connectivity index (χ4n) is 3.87. The van der Waals surface area contributed by atoms with Crippen molar-refractivity contribution in [3.8, 4) is 17.4 Å². The molecule has 9 nitrogen and oxygen atoms in total. The fourth-order valence-corrected chi connectivity index (χ4v) is 3.87. The van der Waals surface area contributed by atoms with Gasteiger partial charge in [0.2, 0.25) is 5.88 Å². The molecule has 2 aliphatic rings. The second-order valence-electron chi connectivity index (χ2n) is 7.69. The van der Waals surface area contributed by atoms with E-state index in [4.69, 9.17) is 14.2 Å². The highest BCUT2D eigenvalue weighted by atomic mass is 19.1. The quantitative estimate of drug-likeness (QED) is 0.553. The Bertz CT molecular complexity index is 1190. The molecule has 1 aromatic carbocycles. The number of hydrogen-bond donors (Lipinski definition) is 0. The van der Waals surface area contributed by atoms with Gasteiger partial charge in [0.15, 0.2) is 23.1 Å². The molecule has 5 rings (SSSR count). The standard InChI is InChI=1S/C21H21F2N5O4/c1-2-3-26-9-15(7-24-26)32-20-16(22)4-13(5-17(20)23)10-31-18-6-19-27(21(29)25-18)8-14-11-30-12-28(14)19/h4-7,9,14H,2-3,8,10-12H2,1H3/t14-/m0/s1. The molecule has 0 bridgehead atoms. The number of aromatic nitrogens is 4. The summed E-state index contributed by atoms with van der Waals surface area (Å²) in [6.07, 6.45) is 3.85. The Kier molecular flexibility index (Phi) is 5.25. The van der Waals surface area contributed by atoms with E-state index in [0.29, 0.717) is 32.2 Å². The fraction of sp³-hybridized carbons (Fsp3) is 0.381. The number of anilines is 1. The minimum Gasteiger partial charge on any atom is -0.473 e. The smallest absolute Gasteiger partial charge is 0.352 e. The molecule has 4 heterocycles. The molecule has 168 valence electrons. The van der Waals surface area contributed by atoms with Gasteiger partial charge in [-0.1, -0.05) is 6.92 Å². The summed E-state index contributed by atoms with van der Waals surface area (Å²) in [6.45, 7) is 3.95. The summed E-state index contributed by atoms with van der Waals surface area (Å²) in [5.74, 6) is -1.27. The molecule has 0 radical (unpaired) electrons. The van der Waals surface area contributed by atoms with Crippen molar-refractivity contribution < 1.29 is 23.0 Å². The third-order valence-corrected chi connectivity index (χ3v) is 5.36. The van der Waals surface area contributed by atoms with Gasteiger partial charge < -0.3 is 19.1 Å². The van der Waals surface area contributed by atoms with E-state index in [1.807, 2.05) is 11.8 Å². The molecule has 2 aliphatic heterocycles. The summed E-state index contributed by atoms with van der Waals surface area (Å²) in [5.41, 5.74) is -0.199. The molecule has 1 atom stereocenters. The number of aryl methyl sites for hydroxylation is 1. The van der Waals surface area contributed by atoms with Crippen molar-refractivity contribution >= 4 is 5.82 Å². The first kappa shape index (κ1) is 20.4. The second kappa shape index (κ2) is 8.23. The van der Waals surface area contributed by atoms with Gasteiger partial charge in [0, 0.05) is 12.6 Å². The van der Waals surface area contributed by atoms with Crippen LogP contribution in [0.15, 0.2) is 35.4 Å². The van der Waals surface area contributed by atoms with Crippen LogP contribution in [0.5, 0.6) is 17.4 Å². The topological polar surface area (TPSA) is 83.6 Å². The predicted octanol–water partition coefficient (Wildman–Crippen LogP) is 2.68. The van der Waals surface area contributed by atoms with Crippen molar-refractivity contribution in [3.05, 3.63) is 58.3 Å². The minimum absolute atomic E-state index is 0.0817. The lowest BCUT2D eigenvalue weighted by atomic mass is 10.2. The molecular formula is C21H21F2N5O4. The lowest BCUT2D eigenvalue weighted by Gasteiger charge is -2.15. The lowest BCUT2D eigenvalue weighted by Crippen LogP contribution is -2.26. The van der Waals surface area contributed by atoms with Gasteiger partial charge in [0.1, 0.15) is 19.2 Å². The van der Waals surface area contributed by atoms with Crippen LogP contribution in [0, 0.1) is 11.6 Å². The lowest BCUT2D eigenvalue weighted by molar-refractivity contribution is 0.189. The highest BCUT2D eigenvalue weighted by Crippen LogP contribution is 2.31. The Hall–Kier alpha value is -3.47. The summed E-state index contributed by atoms with van der Waals surface area (Å²) < 4.78 is 48.6. The molecule has 32 heavy (non-hydrogen) atoms. The monoisotopic (exact) mass is 445 g/mol. The van der Waals surface area contributed by atoms with Gasteiger partial charge >= 0.3 is 5.69 Å². The van der Waals surface area contributed by atoms with Gasteiger partial charge in [0.05, 0.1) is 31.6 Å². The van der Waals surface area contributed by atoms with Crippen molar-refractivity contribution in [3.63, 3.8) is 0 Å². The first-order valence-electron chi connectivity index (χ1n) is 10.3. The van der Waals surface area contributed by atoms with Crippen LogP contribution in [0.1, 0.15) is 18.9 Å². The molecule has 0 aliphatic carbocycles. The summed E-state index contributed by atoms with van der Waals surface area (Å²) >= 11 is 0. The minimum atomic E-state index is -0.870. The maximum absolute atomic E-state index is 14.5. The third kappa shape index (κ3) is 3.79. The Morgan fingerprint density at radius 3 is 2.84 bits per heavy atom. The predicted molar refractivity (Wildman–Crippen MR) is 109 cm³/mol. The van der Waals surface area contributed by atoms with E-state index in [0.717, 1.165) is 18.6 Å². The van der Waals surface area contributed by atoms with E-state index < -0.39 is 23.1 Å². The normalized spacial score (nSPS) is 16.8. The Morgan fingerprint density at radius 2 is 2.06 bits per heavy atom. The van der Waals surface area contributed by atoms with Crippen molar-refractivity contribution in [2.75, 3.05) is 18.2 Å². The molecule has 3 aromatic rings. The molecular weight excluding hydrogens is 424 g/mol. The van der Waals surface area contributed by atoms with Crippen LogP contribution in [0.2, 0.25) is 0 Å². The number of fused-ring (bicyclic) bond motifs is 3. The summed E-state index contributed by atoms with van der Waals surface area (Å²) in [7, 11) is 0. The van der Waals surface area contributed by atoms with E-state index in [1.54, 1.807) is 21.5 Å². The number of rotatable bonds is 7. The van der Waals surface area contributed by atoms with Gasteiger partial charge in [-0.2, -0.15) is 10.1 Å². The summed E-state index contributed by atoms with van der Waals surface area (Å²) in [4.78, 5) is 18.2. The molecule has 0 N–H and O–H groups in total. The number of ether oxygens (including phenoxy) is 3. The van der Waals surface area contributed by atoms with Crippen molar-refractivity contribution in [2.24, 2.45) is 0 Å². The number of benzene rings is 1. The van der Waals surface area contributed by atoms with Crippen LogP contribution in [0.3, 0.4) is 0 Å². The zero-order valence-corrected chi connectivity index (χ0v) is 17.3. The number of hydrogen-bond acceptors (Lipinski definition) is 7. The average Bonchev–Trinajstić information content (AvgIpc) is 3.47. The maximum Gasteiger partial charge on any atom is 0.352 e. The van der Waals surface area contributed by atoms with Gasteiger partial charge in [-0.15, -0.1) is 0 Å². The van der Waals surface area contributed by atoms with Gasteiger partial charge in [-0.05, 0) is 24.1 Å². The van der Waals surface area contributed by atoms with Crippen molar-refractivity contribution in [1.29, 1.82) is 0 Å². The van der Waals surface area contributed by atoms with Gasteiger partial charge in [0.25, 0.3) is 0 Å². The summed E-state index contributed by atoms with van der Waals surface area (Å²) in [5, 5.41) is 4.08. The molecule has 11 heteroatoms. The number of nitrogens with zero attached hydrogens (tertiary/aromatic N) is 5. The molecule has 1 saturated heterocycles. The van der Waals surface area contributed by atoms with Crippen LogP contribution in [0.25, 0.3) is 0 Å². The van der Waals surface area contributed by atoms with Gasteiger partial charge in [-0.3, -0.25) is 9.25 Å². The van der Waals surface area contributed by atoms with Crippen molar-refractivity contribution in [1.82, 2.24) is 19.3 Å². The highest BCUT2D eigenvalue weighted by molar-refractivity contribution is 5.47. The van der Waals surface area contributed by atoms with Crippen LogP contribution in [0.4, 0.5) is 14.6 Å². The largest absolute Gasteiger partial charge is 0.473 e. The molecule has 0 saturated carbocycles. The molecule has 2 aromatic heterocycles. The zero-order valence-electron chi connectivity index (χ0n) is 17.3. The van der Waals surface area contributed by atoms with Crippen molar-refractivity contribution in [2.45, 2.75) is 39.1 Å². The molecule has 0 unspecified atom stereocenters. The summed E-state index contributed by atoms with van der Waals surface area (Å²) in [6, 6.07) is 3.98. The Labute approximate surface area is 181 Å². The van der Waals surface area contributed by atoms with Crippen LogP contribution in [-0.4, -0.2) is 38.7 Å². The van der Waals surface area contributed by atoms with E-state index in [2.05, 4.69) is 10.1 Å². The molecule has 0 spiro atoms. The third-order valence-electron chi connectivity index (χ3n) is 5.36. The van der Waals surface area contributed by atoms with E-state index >= 15 is 0 Å². The van der Waals surface area contributed by atoms with Crippen LogP contribution in [-0.2, 0) is 24.4 Å². The van der Waals surface area contributed by atoms with E-state index in [9.17, 15) is 13.6 Å². The SMILES string of the molecule is CCCn1cc(Oc2c(F)cc(COc3cc4n(c(=O)n3)C[C@H]3COCN43)cc2F)cn1. The highest BCUT2D eigenvalue weighted by Gasteiger charge is 2.35. The molecule has 0 amide bonds. The maximum atomic E-state index is 14.5. The second-order valence-corrected chi connectivity index (χ2v) is 7.69.